The molecular weight excluding hydrogens is 288 g/mol. The molecule has 0 saturated heterocycles. The normalized spacial score (nSPS) is 18.3. The van der Waals surface area contributed by atoms with Gasteiger partial charge in [0.15, 0.2) is 0 Å². The van der Waals surface area contributed by atoms with E-state index in [0.717, 1.165) is 18.2 Å². The Bertz CT molecular complexity index is 895. The standard InChI is InChI=1S/C12H8O5S2/c13-8-5-6-11-12(7-8)19(16,17)10-4-2-1-3-9(10)18(11,14)15/h1-7,13H. The number of fused-ring (bicyclic) bond motifs is 2. The maximum Gasteiger partial charge on any atom is 0.209 e. The van der Waals surface area contributed by atoms with Crippen molar-refractivity contribution in [1.82, 2.24) is 0 Å². The highest BCUT2D eigenvalue weighted by Gasteiger charge is 2.38. The quantitative estimate of drug-likeness (QED) is 0.677. The summed E-state index contributed by atoms with van der Waals surface area (Å²) in [7, 11) is -7.81. The van der Waals surface area contributed by atoms with Gasteiger partial charge < -0.3 is 5.11 Å². The number of hydrogen-bond donors (Lipinski definition) is 1. The summed E-state index contributed by atoms with van der Waals surface area (Å²) < 4.78 is 49.4. The van der Waals surface area contributed by atoms with Gasteiger partial charge in [-0.1, -0.05) is 12.1 Å². The van der Waals surface area contributed by atoms with Gasteiger partial charge in [0.1, 0.15) is 5.75 Å². The molecule has 0 aromatic heterocycles. The lowest BCUT2D eigenvalue weighted by atomic mass is 10.3. The smallest absolute Gasteiger partial charge is 0.209 e. The van der Waals surface area contributed by atoms with Crippen molar-refractivity contribution in [3.05, 3.63) is 42.5 Å². The second kappa shape index (κ2) is 3.58. The van der Waals surface area contributed by atoms with Crippen molar-refractivity contribution in [2.45, 2.75) is 19.6 Å². The number of hydrogen-bond acceptors (Lipinski definition) is 5. The van der Waals surface area contributed by atoms with Gasteiger partial charge in [-0.3, -0.25) is 0 Å². The molecule has 0 fully saturated rings. The van der Waals surface area contributed by atoms with Gasteiger partial charge in [-0.15, -0.1) is 0 Å². The lowest BCUT2D eigenvalue weighted by molar-refractivity contribution is 0.471. The third-order valence-corrected chi connectivity index (χ3v) is 6.91. The topological polar surface area (TPSA) is 88.5 Å². The van der Waals surface area contributed by atoms with Gasteiger partial charge in [-0.25, -0.2) is 16.8 Å². The molecular formula is C12H8O5S2. The van der Waals surface area contributed by atoms with Crippen molar-refractivity contribution in [3.8, 4) is 5.75 Å². The predicted molar refractivity (Wildman–Crippen MR) is 65.5 cm³/mol. The molecule has 1 aliphatic heterocycles. The van der Waals surface area contributed by atoms with Crippen LogP contribution in [-0.2, 0) is 19.7 Å². The molecule has 0 unspecified atom stereocenters. The SMILES string of the molecule is O=S1(=O)c2ccccc2S(=O)(=O)c2cc(O)ccc21. The fourth-order valence-corrected chi connectivity index (χ4v) is 6.21. The molecule has 2 aromatic rings. The molecule has 5 nitrogen and oxygen atoms in total. The van der Waals surface area contributed by atoms with Crippen LogP contribution in [0.2, 0.25) is 0 Å². The van der Waals surface area contributed by atoms with E-state index in [0.29, 0.717) is 0 Å². The maximum atomic E-state index is 12.4. The Hall–Kier alpha value is -1.86. The van der Waals surface area contributed by atoms with Crippen molar-refractivity contribution in [2.75, 3.05) is 0 Å². The van der Waals surface area contributed by atoms with E-state index in [4.69, 9.17) is 0 Å². The highest BCUT2D eigenvalue weighted by atomic mass is 32.2. The summed E-state index contributed by atoms with van der Waals surface area (Å²) in [4.78, 5) is -1.17. The van der Waals surface area contributed by atoms with Gasteiger partial charge >= 0.3 is 0 Å². The summed E-state index contributed by atoms with van der Waals surface area (Å²) in [6, 6.07) is 8.65. The molecule has 0 radical (unpaired) electrons. The van der Waals surface area contributed by atoms with Crippen LogP contribution in [0.5, 0.6) is 5.75 Å². The summed E-state index contributed by atoms with van der Waals surface area (Å²) in [6.07, 6.45) is 0. The Labute approximate surface area is 110 Å². The van der Waals surface area contributed by atoms with E-state index < -0.39 is 19.7 Å². The van der Waals surface area contributed by atoms with E-state index in [2.05, 4.69) is 0 Å². The van der Waals surface area contributed by atoms with E-state index in [1.165, 1.54) is 24.3 Å². The lowest BCUT2D eigenvalue weighted by Gasteiger charge is -2.19. The highest BCUT2D eigenvalue weighted by Crippen LogP contribution is 2.41. The van der Waals surface area contributed by atoms with Crippen molar-refractivity contribution >= 4 is 19.7 Å². The molecule has 0 atom stereocenters. The van der Waals surface area contributed by atoms with Crippen LogP contribution in [0.1, 0.15) is 0 Å². The molecule has 3 rings (SSSR count). The average molecular weight is 296 g/mol. The Morgan fingerprint density at radius 1 is 0.684 bits per heavy atom. The third-order valence-electron chi connectivity index (χ3n) is 2.93. The molecule has 1 N–H and O–H groups in total. The second-order valence-electron chi connectivity index (χ2n) is 4.08. The summed E-state index contributed by atoms with van der Waals surface area (Å²) in [5.41, 5.74) is 0. The molecule has 19 heavy (non-hydrogen) atoms. The minimum atomic E-state index is -3.93. The van der Waals surface area contributed by atoms with Crippen molar-refractivity contribution in [3.63, 3.8) is 0 Å². The Morgan fingerprint density at radius 3 is 1.74 bits per heavy atom. The van der Waals surface area contributed by atoms with Crippen LogP contribution in [-0.4, -0.2) is 21.9 Å². The molecule has 0 amide bonds. The fourth-order valence-electron chi connectivity index (χ4n) is 2.06. The van der Waals surface area contributed by atoms with Gasteiger partial charge in [-0.2, -0.15) is 0 Å². The van der Waals surface area contributed by atoms with Crippen LogP contribution >= 0.6 is 0 Å². The van der Waals surface area contributed by atoms with E-state index in [1.54, 1.807) is 0 Å². The zero-order valence-electron chi connectivity index (χ0n) is 9.44. The van der Waals surface area contributed by atoms with Crippen LogP contribution in [0.3, 0.4) is 0 Å². The summed E-state index contributed by atoms with van der Waals surface area (Å²) in [5, 5.41) is 9.38. The molecule has 2 aromatic carbocycles. The highest BCUT2D eigenvalue weighted by molar-refractivity contribution is 7.97. The minimum absolute atomic E-state index is 0.229. The Morgan fingerprint density at radius 2 is 1.16 bits per heavy atom. The first-order valence-corrected chi connectivity index (χ1v) is 8.24. The van der Waals surface area contributed by atoms with Crippen LogP contribution in [0, 0.1) is 0 Å². The van der Waals surface area contributed by atoms with Crippen molar-refractivity contribution < 1.29 is 21.9 Å². The van der Waals surface area contributed by atoms with Crippen LogP contribution < -0.4 is 0 Å². The van der Waals surface area contributed by atoms with Gasteiger partial charge in [0.05, 0.1) is 19.6 Å². The van der Waals surface area contributed by atoms with Crippen LogP contribution in [0.25, 0.3) is 0 Å². The maximum absolute atomic E-state index is 12.4. The monoisotopic (exact) mass is 296 g/mol. The predicted octanol–water partition coefficient (Wildman–Crippen LogP) is 1.37. The molecule has 0 saturated carbocycles. The molecule has 0 aliphatic carbocycles. The van der Waals surface area contributed by atoms with E-state index in [1.807, 2.05) is 0 Å². The van der Waals surface area contributed by atoms with Crippen molar-refractivity contribution in [1.29, 1.82) is 0 Å². The van der Waals surface area contributed by atoms with E-state index in [9.17, 15) is 21.9 Å². The zero-order valence-corrected chi connectivity index (χ0v) is 11.1. The zero-order chi connectivity index (χ0) is 13.8. The average Bonchev–Trinajstić information content (AvgIpc) is 2.37. The largest absolute Gasteiger partial charge is 0.508 e. The van der Waals surface area contributed by atoms with Gasteiger partial charge in [0.25, 0.3) is 0 Å². The first-order chi connectivity index (χ1) is 8.85. The van der Waals surface area contributed by atoms with Gasteiger partial charge in [-0.05, 0) is 24.3 Å². The van der Waals surface area contributed by atoms with Gasteiger partial charge in [0, 0.05) is 6.07 Å². The molecule has 7 heteroatoms. The fraction of sp³-hybridized carbons (Fsp3) is 0. The van der Waals surface area contributed by atoms with Gasteiger partial charge in [0.2, 0.25) is 19.7 Å². The van der Waals surface area contributed by atoms with E-state index in [-0.39, 0.29) is 25.3 Å². The molecule has 0 spiro atoms. The molecule has 1 heterocycles. The Balaban J connectivity index is 2.56. The minimum Gasteiger partial charge on any atom is -0.508 e. The number of phenols is 1. The first-order valence-electron chi connectivity index (χ1n) is 5.27. The summed E-state index contributed by atoms with van der Waals surface area (Å²) in [6.45, 7) is 0. The third kappa shape index (κ3) is 1.52. The van der Waals surface area contributed by atoms with Crippen molar-refractivity contribution in [2.24, 2.45) is 0 Å². The number of benzene rings is 2. The number of aromatic hydroxyl groups is 1. The number of rotatable bonds is 0. The van der Waals surface area contributed by atoms with Crippen LogP contribution in [0.4, 0.5) is 0 Å². The second-order valence-corrected chi connectivity index (χ2v) is 7.86. The number of phenolic OH excluding ortho intramolecular Hbond substituents is 1. The number of sulfone groups is 2. The summed E-state index contributed by atoms with van der Waals surface area (Å²) >= 11 is 0. The first kappa shape index (κ1) is 12.2. The van der Waals surface area contributed by atoms with E-state index >= 15 is 0 Å². The lowest BCUT2D eigenvalue weighted by Crippen LogP contribution is -2.19. The van der Waals surface area contributed by atoms with Crippen LogP contribution in [0.15, 0.2) is 62.0 Å². The Kier molecular flexibility index (Phi) is 2.30. The molecule has 1 aliphatic rings. The summed E-state index contributed by atoms with van der Waals surface area (Å²) in [5.74, 6) is -0.295. The molecule has 0 bridgehead atoms. The molecule has 98 valence electrons.